The standard InChI is InChI=1S/C8H10FNO2.ClH/c9-5-1-2-8(12)6(3-5)7(10)4-11;/h1-3,7,11-12H,4,10H2;1H/t7-;/m1./s1. The van der Waals surface area contributed by atoms with Gasteiger partial charge in [-0.15, -0.1) is 12.4 Å². The molecule has 0 amide bonds. The summed E-state index contributed by atoms with van der Waals surface area (Å²) in [5.41, 5.74) is 5.61. The quantitative estimate of drug-likeness (QED) is 0.677. The zero-order valence-corrected chi connectivity index (χ0v) is 7.59. The van der Waals surface area contributed by atoms with Gasteiger partial charge in [0, 0.05) is 5.56 Å². The van der Waals surface area contributed by atoms with Gasteiger partial charge < -0.3 is 15.9 Å². The first-order valence-corrected chi connectivity index (χ1v) is 3.50. The number of phenolic OH excluding ortho intramolecular Hbond substituents is 1. The van der Waals surface area contributed by atoms with Crippen LogP contribution in [0, 0.1) is 5.82 Å². The fourth-order valence-corrected chi connectivity index (χ4v) is 0.921. The van der Waals surface area contributed by atoms with E-state index in [1.165, 1.54) is 6.07 Å². The number of nitrogens with two attached hydrogens (primary N) is 1. The van der Waals surface area contributed by atoms with Gasteiger partial charge in [-0.25, -0.2) is 4.39 Å². The summed E-state index contributed by atoms with van der Waals surface area (Å²) in [4.78, 5) is 0. The zero-order chi connectivity index (χ0) is 9.14. The van der Waals surface area contributed by atoms with Gasteiger partial charge >= 0.3 is 0 Å². The van der Waals surface area contributed by atoms with Crippen LogP contribution in [0.25, 0.3) is 0 Å². The lowest BCUT2D eigenvalue weighted by Crippen LogP contribution is -2.14. The second-order valence-corrected chi connectivity index (χ2v) is 2.49. The molecule has 74 valence electrons. The minimum atomic E-state index is -0.735. The van der Waals surface area contributed by atoms with E-state index in [1.807, 2.05) is 0 Å². The molecule has 0 bridgehead atoms. The second-order valence-electron chi connectivity index (χ2n) is 2.49. The van der Waals surface area contributed by atoms with E-state index in [0.717, 1.165) is 12.1 Å². The van der Waals surface area contributed by atoms with Crippen molar-refractivity contribution in [2.45, 2.75) is 6.04 Å². The molecule has 0 aliphatic heterocycles. The van der Waals surface area contributed by atoms with Crippen molar-refractivity contribution in [2.75, 3.05) is 6.61 Å². The van der Waals surface area contributed by atoms with Crippen molar-refractivity contribution in [1.82, 2.24) is 0 Å². The lowest BCUT2D eigenvalue weighted by atomic mass is 10.1. The van der Waals surface area contributed by atoms with Crippen LogP contribution in [0.3, 0.4) is 0 Å². The minimum absolute atomic E-state index is 0. The molecule has 0 unspecified atom stereocenters. The van der Waals surface area contributed by atoms with Gasteiger partial charge in [0.05, 0.1) is 12.6 Å². The third-order valence-electron chi connectivity index (χ3n) is 1.59. The Balaban J connectivity index is 0.00000144. The Morgan fingerprint density at radius 1 is 1.46 bits per heavy atom. The van der Waals surface area contributed by atoms with Crippen LogP contribution >= 0.6 is 12.4 Å². The summed E-state index contributed by atoms with van der Waals surface area (Å²) >= 11 is 0. The van der Waals surface area contributed by atoms with Crippen LogP contribution in [0.2, 0.25) is 0 Å². The fourth-order valence-electron chi connectivity index (χ4n) is 0.921. The molecule has 0 spiro atoms. The molecule has 1 rings (SSSR count). The van der Waals surface area contributed by atoms with E-state index in [2.05, 4.69) is 0 Å². The highest BCUT2D eigenvalue weighted by molar-refractivity contribution is 5.85. The Hall–Kier alpha value is -0.840. The molecule has 0 saturated carbocycles. The summed E-state index contributed by atoms with van der Waals surface area (Å²) in [5.74, 6) is -0.579. The number of benzene rings is 1. The van der Waals surface area contributed by atoms with Gasteiger partial charge in [-0.1, -0.05) is 0 Å². The lowest BCUT2D eigenvalue weighted by Gasteiger charge is -2.09. The smallest absolute Gasteiger partial charge is 0.123 e. The van der Waals surface area contributed by atoms with Gasteiger partial charge in [0.2, 0.25) is 0 Å². The molecule has 4 N–H and O–H groups in total. The molecule has 0 aliphatic carbocycles. The molecular formula is C8H11ClFNO2. The van der Waals surface area contributed by atoms with E-state index < -0.39 is 11.9 Å². The number of rotatable bonds is 2. The monoisotopic (exact) mass is 207 g/mol. The van der Waals surface area contributed by atoms with Crippen molar-refractivity contribution in [2.24, 2.45) is 5.73 Å². The number of aromatic hydroxyl groups is 1. The van der Waals surface area contributed by atoms with Crippen LogP contribution < -0.4 is 5.73 Å². The van der Waals surface area contributed by atoms with E-state index in [0.29, 0.717) is 0 Å². The molecule has 1 aromatic carbocycles. The summed E-state index contributed by atoms with van der Waals surface area (Å²) in [6, 6.07) is 2.71. The van der Waals surface area contributed by atoms with Crippen LogP contribution in [0.1, 0.15) is 11.6 Å². The molecule has 3 nitrogen and oxygen atoms in total. The summed E-state index contributed by atoms with van der Waals surface area (Å²) in [6.07, 6.45) is 0. The molecule has 0 fully saturated rings. The normalized spacial score (nSPS) is 11.9. The number of hydrogen-bond acceptors (Lipinski definition) is 3. The average molecular weight is 208 g/mol. The maximum Gasteiger partial charge on any atom is 0.123 e. The average Bonchev–Trinajstić information content (AvgIpc) is 2.08. The Bertz CT molecular complexity index is 283. The largest absolute Gasteiger partial charge is 0.508 e. The highest BCUT2D eigenvalue weighted by Crippen LogP contribution is 2.22. The third-order valence-corrected chi connectivity index (χ3v) is 1.59. The van der Waals surface area contributed by atoms with Gasteiger partial charge in [-0.3, -0.25) is 0 Å². The first-order chi connectivity index (χ1) is 5.65. The molecule has 0 heterocycles. The number of aliphatic hydroxyl groups is 1. The van der Waals surface area contributed by atoms with Gasteiger partial charge in [0.15, 0.2) is 0 Å². The number of halogens is 2. The summed E-state index contributed by atoms with van der Waals surface area (Å²) in [6.45, 7) is -0.322. The summed E-state index contributed by atoms with van der Waals surface area (Å²) in [5, 5.41) is 17.8. The molecule has 0 aromatic heterocycles. The van der Waals surface area contributed by atoms with Crippen molar-refractivity contribution < 1.29 is 14.6 Å². The van der Waals surface area contributed by atoms with E-state index in [9.17, 15) is 9.50 Å². The number of aliphatic hydroxyl groups excluding tert-OH is 1. The SMILES string of the molecule is Cl.N[C@H](CO)c1cc(F)ccc1O. The number of phenols is 1. The van der Waals surface area contributed by atoms with Gasteiger partial charge in [-0.05, 0) is 18.2 Å². The van der Waals surface area contributed by atoms with Gasteiger partial charge in [0.25, 0.3) is 0 Å². The predicted octanol–water partition coefficient (Wildman–Crippen LogP) is 0.945. The van der Waals surface area contributed by atoms with E-state index in [1.54, 1.807) is 0 Å². The van der Waals surface area contributed by atoms with Gasteiger partial charge in [-0.2, -0.15) is 0 Å². The highest BCUT2D eigenvalue weighted by atomic mass is 35.5. The molecule has 0 saturated heterocycles. The molecule has 1 aromatic rings. The van der Waals surface area contributed by atoms with Crippen LogP contribution in [-0.2, 0) is 0 Å². The molecule has 0 radical (unpaired) electrons. The molecule has 1 atom stereocenters. The Morgan fingerprint density at radius 3 is 2.62 bits per heavy atom. The van der Waals surface area contributed by atoms with Crippen molar-refractivity contribution in [3.8, 4) is 5.75 Å². The first kappa shape index (κ1) is 12.2. The third kappa shape index (κ3) is 2.84. The van der Waals surface area contributed by atoms with Gasteiger partial charge in [0.1, 0.15) is 11.6 Å². The van der Waals surface area contributed by atoms with E-state index >= 15 is 0 Å². The van der Waals surface area contributed by atoms with E-state index in [4.69, 9.17) is 10.8 Å². The molecule has 0 aliphatic rings. The maximum atomic E-state index is 12.6. The summed E-state index contributed by atoms with van der Waals surface area (Å²) in [7, 11) is 0. The van der Waals surface area contributed by atoms with Crippen LogP contribution in [-0.4, -0.2) is 16.8 Å². The van der Waals surface area contributed by atoms with Crippen molar-refractivity contribution in [3.63, 3.8) is 0 Å². The van der Waals surface area contributed by atoms with Crippen molar-refractivity contribution in [3.05, 3.63) is 29.6 Å². The topological polar surface area (TPSA) is 66.5 Å². The second kappa shape index (κ2) is 5.01. The van der Waals surface area contributed by atoms with E-state index in [-0.39, 0.29) is 30.3 Å². The zero-order valence-electron chi connectivity index (χ0n) is 6.77. The predicted molar refractivity (Wildman–Crippen MR) is 49.3 cm³/mol. The van der Waals surface area contributed by atoms with Crippen molar-refractivity contribution >= 4 is 12.4 Å². The number of hydrogen-bond donors (Lipinski definition) is 3. The summed E-state index contributed by atoms with van der Waals surface area (Å²) < 4.78 is 12.6. The molecular weight excluding hydrogens is 197 g/mol. The molecule has 5 heteroatoms. The van der Waals surface area contributed by atoms with Crippen LogP contribution in [0.5, 0.6) is 5.75 Å². The maximum absolute atomic E-state index is 12.6. The Kier molecular flexibility index (Phi) is 4.69. The Labute approximate surface area is 81.4 Å². The van der Waals surface area contributed by atoms with Crippen molar-refractivity contribution in [1.29, 1.82) is 0 Å². The lowest BCUT2D eigenvalue weighted by molar-refractivity contribution is 0.265. The minimum Gasteiger partial charge on any atom is -0.508 e. The first-order valence-electron chi connectivity index (χ1n) is 3.50. The van der Waals surface area contributed by atoms with Crippen LogP contribution in [0.15, 0.2) is 18.2 Å². The Morgan fingerprint density at radius 2 is 2.08 bits per heavy atom. The fraction of sp³-hybridized carbons (Fsp3) is 0.250. The molecule has 13 heavy (non-hydrogen) atoms. The highest BCUT2D eigenvalue weighted by Gasteiger charge is 2.10. The van der Waals surface area contributed by atoms with Crippen LogP contribution in [0.4, 0.5) is 4.39 Å².